The lowest BCUT2D eigenvalue weighted by Crippen LogP contribution is -2.33. The quantitative estimate of drug-likeness (QED) is 0.651. The topological polar surface area (TPSA) is 104 Å². The average molecular weight is 428 g/mol. The summed E-state index contributed by atoms with van der Waals surface area (Å²) >= 11 is 0. The first kappa shape index (κ1) is 19.5. The van der Waals surface area contributed by atoms with Crippen LogP contribution in [0.3, 0.4) is 0 Å². The van der Waals surface area contributed by atoms with Crippen LogP contribution in [-0.2, 0) is 15.6 Å². The van der Waals surface area contributed by atoms with Crippen molar-refractivity contribution in [2.75, 3.05) is 18.8 Å². The Morgan fingerprint density at radius 2 is 2.23 bits per heavy atom. The highest BCUT2D eigenvalue weighted by molar-refractivity contribution is 7.89. The Bertz CT molecular complexity index is 1270. The molecule has 9 heteroatoms. The fourth-order valence-corrected chi connectivity index (χ4v) is 6.15. The zero-order valence-corrected chi connectivity index (χ0v) is 17.6. The number of sulfonamides is 1. The number of aromatic nitrogens is 4. The Kier molecular flexibility index (Phi) is 4.57. The van der Waals surface area contributed by atoms with Gasteiger partial charge in [-0.15, -0.1) is 0 Å². The van der Waals surface area contributed by atoms with Gasteiger partial charge in [-0.05, 0) is 25.0 Å². The molecule has 2 N–H and O–H groups in total. The van der Waals surface area contributed by atoms with Crippen LogP contribution in [0.4, 0.5) is 0 Å². The average Bonchev–Trinajstić information content (AvgIpc) is 3.45. The number of hydrogen-bond donors (Lipinski definition) is 2. The van der Waals surface area contributed by atoms with Crippen molar-refractivity contribution >= 4 is 32.1 Å². The lowest BCUT2D eigenvalue weighted by atomic mass is 9.94. The van der Waals surface area contributed by atoms with Crippen LogP contribution in [0.2, 0.25) is 0 Å². The molecule has 2 aliphatic rings. The Morgan fingerprint density at radius 1 is 1.37 bits per heavy atom. The summed E-state index contributed by atoms with van der Waals surface area (Å²) in [6.07, 6.45) is 12.6. The van der Waals surface area contributed by atoms with Crippen LogP contribution in [0.15, 0.2) is 42.8 Å². The van der Waals surface area contributed by atoms with Gasteiger partial charge < -0.3 is 14.7 Å². The maximum Gasteiger partial charge on any atom is 0.214 e. The van der Waals surface area contributed by atoms with Gasteiger partial charge >= 0.3 is 0 Å². The lowest BCUT2D eigenvalue weighted by Gasteiger charge is -2.28. The number of nitrogens with one attached hydrogen (secondary N) is 1. The SMILES string of the molecule is CCCS(=O)(=O)N1CCC(n2c(C3(O)C=CC=CC3)nc3cnc4[nH]ccc4c32)C1. The first-order valence-electron chi connectivity index (χ1n) is 10.3. The highest BCUT2D eigenvalue weighted by atomic mass is 32.2. The normalized spacial score (nSPS) is 25.1. The third-order valence-corrected chi connectivity index (χ3v) is 8.06. The van der Waals surface area contributed by atoms with Gasteiger partial charge in [-0.3, -0.25) is 0 Å². The van der Waals surface area contributed by atoms with E-state index in [4.69, 9.17) is 4.98 Å². The predicted molar refractivity (Wildman–Crippen MR) is 115 cm³/mol. The minimum absolute atomic E-state index is 0.111. The summed E-state index contributed by atoms with van der Waals surface area (Å²) < 4.78 is 28.9. The molecule has 2 atom stereocenters. The fourth-order valence-electron chi connectivity index (χ4n) is 4.59. The molecule has 0 aromatic carbocycles. The van der Waals surface area contributed by atoms with Gasteiger partial charge in [-0.25, -0.2) is 18.4 Å². The molecule has 2 unspecified atom stereocenters. The third-order valence-electron chi connectivity index (χ3n) is 6.02. The Balaban J connectivity index is 1.68. The first-order chi connectivity index (χ1) is 14.4. The fraction of sp³-hybridized carbons (Fsp3) is 0.429. The van der Waals surface area contributed by atoms with E-state index in [0.717, 1.165) is 16.6 Å². The van der Waals surface area contributed by atoms with Crippen molar-refractivity contribution < 1.29 is 13.5 Å². The molecular weight excluding hydrogens is 402 g/mol. The van der Waals surface area contributed by atoms with E-state index in [-0.39, 0.29) is 11.8 Å². The zero-order chi connectivity index (χ0) is 20.9. The van der Waals surface area contributed by atoms with Gasteiger partial charge in [0.2, 0.25) is 10.0 Å². The summed E-state index contributed by atoms with van der Waals surface area (Å²) in [7, 11) is -3.28. The van der Waals surface area contributed by atoms with Crippen molar-refractivity contribution in [3.63, 3.8) is 0 Å². The van der Waals surface area contributed by atoms with E-state index in [1.54, 1.807) is 16.6 Å². The van der Waals surface area contributed by atoms with E-state index in [1.807, 2.05) is 37.4 Å². The highest BCUT2D eigenvalue weighted by Gasteiger charge is 2.39. The van der Waals surface area contributed by atoms with Gasteiger partial charge in [0.05, 0.1) is 23.5 Å². The van der Waals surface area contributed by atoms with Crippen LogP contribution in [0, 0.1) is 0 Å². The number of nitrogens with zero attached hydrogens (tertiary/aromatic N) is 4. The maximum atomic E-state index is 12.6. The summed E-state index contributed by atoms with van der Waals surface area (Å²) in [5.41, 5.74) is 1.08. The molecule has 1 fully saturated rings. The summed E-state index contributed by atoms with van der Waals surface area (Å²) in [6, 6.07) is 1.84. The summed E-state index contributed by atoms with van der Waals surface area (Å²) in [5.74, 6) is 0.689. The van der Waals surface area contributed by atoms with Crippen LogP contribution >= 0.6 is 0 Å². The first-order valence-corrected chi connectivity index (χ1v) is 11.9. The maximum absolute atomic E-state index is 12.6. The molecule has 5 rings (SSSR count). The number of aromatic amines is 1. The van der Waals surface area contributed by atoms with E-state index in [2.05, 4.69) is 14.5 Å². The molecule has 0 spiro atoms. The van der Waals surface area contributed by atoms with Gasteiger partial charge in [-0.1, -0.05) is 25.2 Å². The van der Waals surface area contributed by atoms with Gasteiger partial charge in [0, 0.05) is 31.1 Å². The molecule has 4 heterocycles. The molecule has 158 valence electrons. The molecule has 1 saturated heterocycles. The predicted octanol–water partition coefficient (Wildman–Crippen LogP) is 2.60. The molecule has 0 bridgehead atoms. The molecule has 0 amide bonds. The number of rotatable bonds is 5. The second kappa shape index (κ2) is 7.04. The van der Waals surface area contributed by atoms with Crippen molar-refractivity contribution in [1.82, 2.24) is 23.8 Å². The second-order valence-corrected chi connectivity index (χ2v) is 10.2. The molecular formula is C21H25N5O3S. The van der Waals surface area contributed by atoms with Gasteiger partial charge in [0.25, 0.3) is 0 Å². The van der Waals surface area contributed by atoms with Crippen LogP contribution < -0.4 is 0 Å². The minimum atomic E-state index is -3.28. The summed E-state index contributed by atoms with van der Waals surface area (Å²) in [6.45, 7) is 2.73. The lowest BCUT2D eigenvalue weighted by molar-refractivity contribution is 0.0767. The Morgan fingerprint density at radius 3 is 3.00 bits per heavy atom. The number of H-pyrrole nitrogens is 1. The van der Waals surface area contributed by atoms with Gasteiger partial charge in [0.1, 0.15) is 22.6 Å². The Labute approximate surface area is 175 Å². The van der Waals surface area contributed by atoms with Crippen molar-refractivity contribution in [1.29, 1.82) is 0 Å². The monoisotopic (exact) mass is 427 g/mol. The molecule has 30 heavy (non-hydrogen) atoms. The summed E-state index contributed by atoms with van der Waals surface area (Å²) in [5, 5.41) is 12.4. The molecule has 1 aliphatic carbocycles. The molecule has 3 aromatic rings. The number of hydrogen-bond acceptors (Lipinski definition) is 5. The molecule has 0 saturated carbocycles. The van der Waals surface area contributed by atoms with Crippen LogP contribution in [0.5, 0.6) is 0 Å². The Hall–Kier alpha value is -2.49. The number of pyridine rings is 1. The van der Waals surface area contributed by atoms with Crippen LogP contribution in [0.1, 0.15) is 38.1 Å². The van der Waals surface area contributed by atoms with Crippen LogP contribution in [-0.4, -0.2) is 56.2 Å². The minimum Gasteiger partial charge on any atom is -0.377 e. The molecule has 1 aliphatic heterocycles. The van der Waals surface area contributed by atoms with Gasteiger partial charge in [0.15, 0.2) is 0 Å². The van der Waals surface area contributed by atoms with E-state index in [1.165, 1.54) is 0 Å². The van der Waals surface area contributed by atoms with E-state index >= 15 is 0 Å². The highest BCUT2D eigenvalue weighted by Crippen LogP contribution is 2.38. The number of fused-ring (bicyclic) bond motifs is 3. The van der Waals surface area contributed by atoms with E-state index < -0.39 is 15.6 Å². The largest absolute Gasteiger partial charge is 0.377 e. The zero-order valence-electron chi connectivity index (χ0n) is 16.8. The van der Waals surface area contributed by atoms with Crippen molar-refractivity contribution in [2.24, 2.45) is 0 Å². The van der Waals surface area contributed by atoms with Crippen LogP contribution in [0.25, 0.3) is 22.1 Å². The van der Waals surface area contributed by atoms with E-state index in [0.29, 0.717) is 43.7 Å². The number of allylic oxidation sites excluding steroid dienone is 2. The standard InChI is InChI=1S/C21H25N5O3S/c1-2-12-30(28,29)25-11-7-15(14-25)26-18-16-6-10-22-19(16)23-13-17(18)24-20(26)21(27)8-4-3-5-9-21/h3-6,8,10,13,15,27H,2,7,9,11-12,14H2,1H3,(H,22,23). The molecule has 3 aromatic heterocycles. The van der Waals surface area contributed by atoms with Crippen molar-refractivity contribution in [3.8, 4) is 0 Å². The van der Waals surface area contributed by atoms with Crippen molar-refractivity contribution in [2.45, 2.75) is 37.8 Å². The van der Waals surface area contributed by atoms with Crippen molar-refractivity contribution in [3.05, 3.63) is 48.6 Å². The molecule has 0 radical (unpaired) electrons. The number of aliphatic hydroxyl groups is 1. The van der Waals surface area contributed by atoms with E-state index in [9.17, 15) is 13.5 Å². The smallest absolute Gasteiger partial charge is 0.214 e. The number of imidazole rings is 1. The van der Waals surface area contributed by atoms with Gasteiger partial charge in [-0.2, -0.15) is 4.31 Å². The second-order valence-electron chi connectivity index (χ2n) is 8.07. The third kappa shape index (κ3) is 3.00. The molecule has 8 nitrogen and oxygen atoms in total. The summed E-state index contributed by atoms with van der Waals surface area (Å²) in [4.78, 5) is 12.4.